The minimum absolute atomic E-state index is 0.596. The Labute approximate surface area is 354 Å². The standard InChI is InChI=1S/C57H36N4/c58-37-38-24-26-39(27-25-38)40-32-34-46(35-33-40)57(45-18-8-3-9-19-45)51-23-13-12-22-49(51)53-48-21-11-10-20-47(48)50(36-52(53)57)41-28-30-44(31-29-41)56-60-54(42-14-4-1-5-15-42)59-55(61-56)43-16-6-2-7-17-43/h1-36H. The van der Waals surface area contributed by atoms with E-state index in [2.05, 4.69) is 140 Å². The Hall–Kier alpha value is -8.26. The summed E-state index contributed by atoms with van der Waals surface area (Å²) in [5.41, 5.74) is 14.7. The fraction of sp³-hybridized carbons (Fsp3) is 0.0175. The van der Waals surface area contributed by atoms with E-state index < -0.39 is 5.41 Å². The highest BCUT2D eigenvalue weighted by Crippen LogP contribution is 2.59. The van der Waals surface area contributed by atoms with E-state index in [4.69, 9.17) is 15.0 Å². The summed E-state index contributed by atoms with van der Waals surface area (Å²) >= 11 is 0. The number of nitriles is 1. The van der Waals surface area contributed by atoms with E-state index in [0.29, 0.717) is 23.0 Å². The molecule has 10 aromatic rings. The summed E-state index contributed by atoms with van der Waals surface area (Å²) in [5.74, 6) is 1.90. The zero-order valence-electron chi connectivity index (χ0n) is 33.1. The monoisotopic (exact) mass is 776 g/mol. The van der Waals surface area contributed by atoms with Crippen LogP contribution in [0.15, 0.2) is 218 Å². The number of hydrogen-bond donors (Lipinski definition) is 0. The van der Waals surface area contributed by atoms with Gasteiger partial charge in [-0.1, -0.05) is 200 Å². The van der Waals surface area contributed by atoms with Crippen LogP contribution in [0.2, 0.25) is 0 Å². The molecule has 1 aliphatic carbocycles. The smallest absolute Gasteiger partial charge is 0.164 e. The molecule has 0 bridgehead atoms. The molecule has 0 saturated heterocycles. The Bertz CT molecular complexity index is 3210. The molecule has 1 aromatic heterocycles. The molecule has 0 amide bonds. The molecule has 0 aliphatic heterocycles. The Kier molecular flexibility index (Phi) is 8.73. The largest absolute Gasteiger partial charge is 0.208 e. The molecule has 1 atom stereocenters. The minimum Gasteiger partial charge on any atom is -0.208 e. The van der Waals surface area contributed by atoms with Crippen LogP contribution in [0.1, 0.15) is 27.8 Å². The zero-order chi connectivity index (χ0) is 40.8. The molecule has 1 unspecified atom stereocenters. The second-order valence-electron chi connectivity index (χ2n) is 15.4. The molecule has 9 aromatic carbocycles. The van der Waals surface area contributed by atoms with Gasteiger partial charge < -0.3 is 0 Å². The van der Waals surface area contributed by atoms with Crippen LogP contribution < -0.4 is 0 Å². The van der Waals surface area contributed by atoms with Crippen molar-refractivity contribution in [2.24, 2.45) is 0 Å². The van der Waals surface area contributed by atoms with Crippen LogP contribution in [-0.2, 0) is 5.41 Å². The maximum Gasteiger partial charge on any atom is 0.164 e. The summed E-state index contributed by atoms with van der Waals surface area (Å²) in [6, 6.07) is 79.0. The van der Waals surface area contributed by atoms with Crippen LogP contribution in [0.25, 0.3) is 78.3 Å². The van der Waals surface area contributed by atoms with Gasteiger partial charge in [0, 0.05) is 16.7 Å². The molecule has 11 rings (SSSR count). The lowest BCUT2D eigenvalue weighted by Gasteiger charge is -2.34. The first-order valence-corrected chi connectivity index (χ1v) is 20.5. The van der Waals surface area contributed by atoms with Gasteiger partial charge in [-0.05, 0) is 84.6 Å². The van der Waals surface area contributed by atoms with Gasteiger partial charge in [0.2, 0.25) is 0 Å². The van der Waals surface area contributed by atoms with Crippen molar-refractivity contribution in [3.8, 4) is 73.6 Å². The number of benzene rings is 9. The number of hydrogen-bond acceptors (Lipinski definition) is 4. The van der Waals surface area contributed by atoms with Crippen LogP contribution in [0.5, 0.6) is 0 Å². The minimum atomic E-state index is -0.596. The van der Waals surface area contributed by atoms with Crippen LogP contribution >= 0.6 is 0 Å². The maximum atomic E-state index is 9.40. The molecule has 0 saturated carbocycles. The van der Waals surface area contributed by atoms with Gasteiger partial charge in [0.05, 0.1) is 17.0 Å². The van der Waals surface area contributed by atoms with Gasteiger partial charge >= 0.3 is 0 Å². The first-order chi connectivity index (χ1) is 30.2. The van der Waals surface area contributed by atoms with Gasteiger partial charge in [-0.3, -0.25) is 0 Å². The molecule has 284 valence electrons. The average Bonchev–Trinajstić information content (AvgIpc) is 3.65. The van der Waals surface area contributed by atoms with Crippen molar-refractivity contribution in [3.63, 3.8) is 0 Å². The quantitative estimate of drug-likeness (QED) is 0.162. The van der Waals surface area contributed by atoms with E-state index in [1.54, 1.807) is 0 Å². The topological polar surface area (TPSA) is 62.5 Å². The second-order valence-corrected chi connectivity index (χ2v) is 15.4. The van der Waals surface area contributed by atoms with Crippen molar-refractivity contribution in [1.82, 2.24) is 15.0 Å². The van der Waals surface area contributed by atoms with E-state index in [-0.39, 0.29) is 0 Å². The zero-order valence-corrected chi connectivity index (χ0v) is 33.1. The summed E-state index contributed by atoms with van der Waals surface area (Å²) in [5, 5.41) is 11.8. The molecule has 0 spiro atoms. The molecule has 61 heavy (non-hydrogen) atoms. The fourth-order valence-electron chi connectivity index (χ4n) is 9.24. The first kappa shape index (κ1) is 35.9. The Morgan fingerprint density at radius 3 is 1.38 bits per heavy atom. The maximum absolute atomic E-state index is 9.40. The number of fused-ring (bicyclic) bond motifs is 5. The predicted octanol–water partition coefficient (Wildman–Crippen LogP) is 13.6. The van der Waals surface area contributed by atoms with Crippen LogP contribution in [0.3, 0.4) is 0 Å². The molecular weight excluding hydrogens is 741 g/mol. The molecule has 0 N–H and O–H groups in total. The van der Waals surface area contributed by atoms with Crippen molar-refractivity contribution in [3.05, 3.63) is 246 Å². The lowest BCUT2D eigenvalue weighted by Crippen LogP contribution is -2.28. The van der Waals surface area contributed by atoms with Crippen LogP contribution in [0.4, 0.5) is 0 Å². The highest BCUT2D eigenvalue weighted by Gasteiger charge is 2.47. The summed E-state index contributed by atoms with van der Waals surface area (Å²) in [7, 11) is 0. The van der Waals surface area contributed by atoms with Gasteiger partial charge in [0.1, 0.15) is 0 Å². The molecule has 4 heteroatoms. The van der Waals surface area contributed by atoms with Gasteiger partial charge in [-0.25, -0.2) is 15.0 Å². The van der Waals surface area contributed by atoms with E-state index in [1.165, 1.54) is 44.2 Å². The third-order valence-corrected chi connectivity index (χ3v) is 12.1. The molecular formula is C57H36N4. The molecule has 4 nitrogen and oxygen atoms in total. The normalized spacial score (nSPS) is 14.0. The number of rotatable bonds is 7. The van der Waals surface area contributed by atoms with Crippen molar-refractivity contribution in [2.45, 2.75) is 5.41 Å². The van der Waals surface area contributed by atoms with Crippen LogP contribution in [0, 0.1) is 11.3 Å². The highest BCUT2D eigenvalue weighted by molar-refractivity contribution is 6.10. The van der Waals surface area contributed by atoms with E-state index in [9.17, 15) is 5.26 Å². The average molecular weight is 777 g/mol. The van der Waals surface area contributed by atoms with Crippen LogP contribution in [-0.4, -0.2) is 15.0 Å². The SMILES string of the molecule is N#Cc1ccc(-c2ccc(C3(c4ccccc4)c4ccccc4-c4c3cc(-c3ccc(-c5nc(-c6ccccc6)nc(-c6ccccc6)n5)cc3)c3ccccc43)cc2)cc1. The van der Waals surface area contributed by atoms with Crippen molar-refractivity contribution in [1.29, 1.82) is 5.26 Å². The van der Waals surface area contributed by atoms with E-state index >= 15 is 0 Å². The molecule has 1 aliphatic rings. The van der Waals surface area contributed by atoms with Crippen molar-refractivity contribution in [2.75, 3.05) is 0 Å². The lowest BCUT2D eigenvalue weighted by atomic mass is 9.67. The Morgan fingerprint density at radius 1 is 0.344 bits per heavy atom. The number of nitrogens with zero attached hydrogens (tertiary/aromatic N) is 4. The Balaban J connectivity index is 1.09. The van der Waals surface area contributed by atoms with Gasteiger partial charge in [0.15, 0.2) is 17.5 Å². The highest BCUT2D eigenvalue weighted by atomic mass is 15.0. The lowest BCUT2D eigenvalue weighted by molar-refractivity contribution is 0.769. The third-order valence-electron chi connectivity index (χ3n) is 12.1. The van der Waals surface area contributed by atoms with Crippen molar-refractivity contribution >= 4 is 10.8 Å². The van der Waals surface area contributed by atoms with Gasteiger partial charge in [0.25, 0.3) is 0 Å². The van der Waals surface area contributed by atoms with Crippen molar-refractivity contribution < 1.29 is 0 Å². The molecule has 0 radical (unpaired) electrons. The Morgan fingerprint density at radius 2 is 0.787 bits per heavy atom. The third kappa shape index (κ3) is 6.03. The summed E-state index contributed by atoms with van der Waals surface area (Å²) in [6.07, 6.45) is 0. The van der Waals surface area contributed by atoms with E-state index in [0.717, 1.165) is 38.9 Å². The summed E-state index contributed by atoms with van der Waals surface area (Å²) in [4.78, 5) is 14.9. The first-order valence-electron chi connectivity index (χ1n) is 20.5. The second kappa shape index (κ2) is 14.8. The number of aromatic nitrogens is 3. The summed E-state index contributed by atoms with van der Waals surface area (Å²) < 4.78 is 0. The fourth-order valence-corrected chi connectivity index (χ4v) is 9.24. The molecule has 0 fully saturated rings. The molecule has 1 heterocycles. The predicted molar refractivity (Wildman–Crippen MR) is 247 cm³/mol. The summed E-state index contributed by atoms with van der Waals surface area (Å²) in [6.45, 7) is 0. The van der Waals surface area contributed by atoms with Gasteiger partial charge in [-0.2, -0.15) is 5.26 Å². The van der Waals surface area contributed by atoms with Gasteiger partial charge in [-0.15, -0.1) is 0 Å². The van der Waals surface area contributed by atoms with E-state index in [1.807, 2.05) is 84.9 Å².